The van der Waals surface area contributed by atoms with E-state index in [9.17, 15) is 18.7 Å². The van der Waals surface area contributed by atoms with Crippen LogP contribution in [-0.4, -0.2) is 20.9 Å². The zero-order valence-electron chi connectivity index (χ0n) is 13.4. The molecule has 0 bridgehead atoms. The van der Waals surface area contributed by atoms with E-state index in [1.807, 2.05) is 24.3 Å². The van der Waals surface area contributed by atoms with Crippen LogP contribution in [0.2, 0.25) is 0 Å². The van der Waals surface area contributed by atoms with Gasteiger partial charge in [0.15, 0.2) is 0 Å². The minimum Gasteiger partial charge on any atom is -0.493 e. The lowest BCUT2D eigenvalue weighted by Gasteiger charge is -2.06. The van der Waals surface area contributed by atoms with Gasteiger partial charge in [-0.05, 0) is 24.3 Å². The molecule has 26 heavy (non-hydrogen) atoms. The van der Waals surface area contributed by atoms with E-state index in [0.717, 1.165) is 28.0 Å². The number of nitrogens with one attached hydrogen (secondary N) is 1. The molecule has 0 saturated carbocycles. The fourth-order valence-electron chi connectivity index (χ4n) is 2.88. The molecule has 0 aliphatic carbocycles. The molecule has 0 saturated heterocycles. The van der Waals surface area contributed by atoms with E-state index in [2.05, 4.69) is 9.98 Å². The number of H-pyrrole nitrogens is 1. The first-order valence-corrected chi connectivity index (χ1v) is 7.84. The number of benzene rings is 2. The average Bonchev–Trinajstić information content (AvgIpc) is 3.14. The largest absolute Gasteiger partial charge is 0.493 e. The van der Waals surface area contributed by atoms with Crippen LogP contribution in [0.15, 0.2) is 52.3 Å². The van der Waals surface area contributed by atoms with Crippen LogP contribution in [0.3, 0.4) is 0 Å². The van der Waals surface area contributed by atoms with Gasteiger partial charge in [0.1, 0.15) is 17.3 Å². The molecule has 0 unspecified atom stereocenters. The lowest BCUT2D eigenvalue weighted by Crippen LogP contribution is -2.18. The van der Waals surface area contributed by atoms with Gasteiger partial charge in [-0.2, -0.15) is 0 Å². The Morgan fingerprint density at radius 3 is 2.62 bits per heavy atom. The number of nitrogens with zero attached hydrogens (tertiary/aromatic N) is 2. The maximum absolute atomic E-state index is 13.8. The molecule has 2 heterocycles. The fraction of sp³-hybridized carbons (Fsp3) is 0.0526. The van der Waals surface area contributed by atoms with E-state index >= 15 is 0 Å². The Hall–Kier alpha value is -3.48. The molecule has 0 amide bonds. The normalized spacial score (nSPS) is 14.2. The summed E-state index contributed by atoms with van der Waals surface area (Å²) in [5, 5.41) is 10.4. The Bertz CT molecular complexity index is 1110. The Labute approximate surface area is 146 Å². The molecule has 7 heteroatoms. The van der Waals surface area contributed by atoms with Gasteiger partial charge in [-0.25, -0.2) is 13.6 Å². The van der Waals surface area contributed by atoms with Crippen LogP contribution in [0.4, 0.5) is 14.5 Å². The second-order valence-electron chi connectivity index (χ2n) is 5.83. The van der Waals surface area contributed by atoms with E-state index in [1.165, 1.54) is 6.07 Å². The predicted octanol–water partition coefficient (Wildman–Crippen LogP) is 3.47. The van der Waals surface area contributed by atoms with Crippen LogP contribution in [-0.2, 0) is 6.54 Å². The number of rotatable bonds is 3. The number of allylic oxidation sites excluding steroid dienone is 1. The van der Waals surface area contributed by atoms with Crippen molar-refractivity contribution in [1.29, 1.82) is 0 Å². The lowest BCUT2D eigenvalue weighted by molar-refractivity contribution is 0.416. The molecule has 1 aromatic heterocycles. The molecule has 0 fully saturated rings. The second-order valence-corrected chi connectivity index (χ2v) is 5.83. The van der Waals surface area contributed by atoms with Crippen molar-refractivity contribution in [2.24, 2.45) is 4.99 Å². The van der Waals surface area contributed by atoms with Gasteiger partial charge in [0.05, 0.1) is 12.2 Å². The molecule has 4 rings (SSSR count). The second kappa shape index (κ2) is 6.11. The van der Waals surface area contributed by atoms with Gasteiger partial charge in [-0.1, -0.05) is 24.3 Å². The van der Waals surface area contributed by atoms with Crippen molar-refractivity contribution in [1.82, 2.24) is 9.55 Å². The van der Waals surface area contributed by atoms with Gasteiger partial charge < -0.3 is 10.1 Å². The summed E-state index contributed by atoms with van der Waals surface area (Å²) in [6.07, 6.45) is 3.19. The average molecular weight is 353 g/mol. The summed E-state index contributed by atoms with van der Waals surface area (Å²) in [6.45, 7) is -0.423. The Morgan fingerprint density at radius 1 is 1.12 bits per heavy atom. The molecule has 2 aromatic carbocycles. The van der Waals surface area contributed by atoms with Crippen molar-refractivity contribution in [2.75, 3.05) is 0 Å². The minimum atomic E-state index is -0.783. The van der Waals surface area contributed by atoms with Gasteiger partial charge in [-0.15, -0.1) is 0 Å². The summed E-state index contributed by atoms with van der Waals surface area (Å²) in [4.78, 5) is 18.9. The molecule has 5 nitrogen and oxygen atoms in total. The number of imidazole rings is 1. The molecular weight excluding hydrogens is 340 g/mol. The Balaban J connectivity index is 1.74. The van der Waals surface area contributed by atoms with Crippen molar-refractivity contribution in [3.05, 3.63) is 81.4 Å². The molecule has 0 spiro atoms. The Morgan fingerprint density at radius 2 is 1.85 bits per heavy atom. The molecular formula is C19H13F2N3O2. The van der Waals surface area contributed by atoms with Crippen molar-refractivity contribution in [3.8, 4) is 5.88 Å². The van der Waals surface area contributed by atoms with Gasteiger partial charge in [0.25, 0.3) is 0 Å². The highest BCUT2D eigenvalue weighted by Crippen LogP contribution is 2.33. The van der Waals surface area contributed by atoms with Crippen molar-refractivity contribution in [3.63, 3.8) is 0 Å². The zero-order valence-corrected chi connectivity index (χ0v) is 13.4. The molecule has 0 atom stereocenters. The SMILES string of the molecule is O=c1[nH]c(C=C2C=Nc3ccccc32)c(O)n1Cc1c(F)cccc1F. The summed E-state index contributed by atoms with van der Waals surface area (Å²) in [7, 11) is 0. The van der Waals surface area contributed by atoms with Gasteiger partial charge in [-0.3, -0.25) is 9.56 Å². The number of para-hydroxylation sites is 1. The molecule has 130 valence electrons. The third-order valence-corrected chi connectivity index (χ3v) is 4.22. The third kappa shape index (κ3) is 2.63. The van der Waals surface area contributed by atoms with Crippen molar-refractivity contribution in [2.45, 2.75) is 6.54 Å². The molecule has 0 radical (unpaired) electrons. The summed E-state index contributed by atoms with van der Waals surface area (Å²) >= 11 is 0. The number of aromatic nitrogens is 2. The molecule has 2 N–H and O–H groups in total. The zero-order chi connectivity index (χ0) is 18.3. The number of hydrogen-bond acceptors (Lipinski definition) is 3. The highest BCUT2D eigenvalue weighted by atomic mass is 19.1. The summed E-state index contributed by atoms with van der Waals surface area (Å²) in [6, 6.07) is 10.9. The first-order chi connectivity index (χ1) is 12.5. The fourth-order valence-corrected chi connectivity index (χ4v) is 2.88. The third-order valence-electron chi connectivity index (χ3n) is 4.22. The maximum atomic E-state index is 13.8. The first kappa shape index (κ1) is 16.0. The smallest absolute Gasteiger partial charge is 0.329 e. The van der Waals surface area contributed by atoms with E-state index in [1.54, 1.807) is 12.3 Å². The van der Waals surface area contributed by atoms with E-state index in [-0.39, 0.29) is 11.3 Å². The maximum Gasteiger partial charge on any atom is 0.329 e. The number of hydrogen-bond donors (Lipinski definition) is 2. The summed E-state index contributed by atoms with van der Waals surface area (Å²) in [5.41, 5.74) is 1.54. The number of aromatic hydroxyl groups is 1. The van der Waals surface area contributed by atoms with Crippen LogP contribution in [0, 0.1) is 11.6 Å². The standard InChI is InChI=1S/C19H13F2N3O2/c20-14-5-3-6-15(21)13(14)10-24-18(25)17(23-19(24)26)8-11-9-22-16-7-2-1-4-12(11)16/h1-9,25H,10H2,(H,23,26). The molecule has 1 aliphatic heterocycles. The van der Waals surface area contributed by atoms with Crippen molar-refractivity contribution < 1.29 is 13.9 Å². The van der Waals surface area contributed by atoms with Crippen LogP contribution < -0.4 is 5.69 Å². The van der Waals surface area contributed by atoms with Crippen molar-refractivity contribution >= 4 is 23.6 Å². The minimum absolute atomic E-state index is 0.143. The van der Waals surface area contributed by atoms with E-state index in [4.69, 9.17) is 0 Å². The summed E-state index contributed by atoms with van der Waals surface area (Å²) < 4.78 is 28.5. The number of fused-ring (bicyclic) bond motifs is 1. The molecule has 1 aliphatic rings. The summed E-state index contributed by atoms with van der Waals surface area (Å²) in [5.74, 6) is -1.97. The number of aliphatic imine (C=N–C) groups is 1. The van der Waals surface area contributed by atoms with Crippen LogP contribution in [0.25, 0.3) is 11.6 Å². The van der Waals surface area contributed by atoms with Gasteiger partial charge in [0.2, 0.25) is 5.88 Å². The highest BCUT2D eigenvalue weighted by molar-refractivity contribution is 6.21. The monoisotopic (exact) mass is 353 g/mol. The van der Waals surface area contributed by atoms with Gasteiger partial charge >= 0.3 is 5.69 Å². The van der Waals surface area contributed by atoms with Crippen LogP contribution in [0.5, 0.6) is 5.88 Å². The van der Waals surface area contributed by atoms with E-state index in [0.29, 0.717) is 5.57 Å². The topological polar surface area (TPSA) is 70.4 Å². The van der Waals surface area contributed by atoms with Gasteiger partial charge in [0, 0.05) is 22.9 Å². The number of halogens is 2. The highest BCUT2D eigenvalue weighted by Gasteiger charge is 2.18. The first-order valence-electron chi connectivity index (χ1n) is 7.84. The number of aromatic amines is 1. The van der Waals surface area contributed by atoms with Crippen LogP contribution >= 0.6 is 0 Å². The van der Waals surface area contributed by atoms with Crippen LogP contribution in [0.1, 0.15) is 16.8 Å². The quantitative estimate of drug-likeness (QED) is 0.757. The molecule has 3 aromatic rings. The lowest BCUT2D eigenvalue weighted by atomic mass is 10.1. The van der Waals surface area contributed by atoms with E-state index < -0.39 is 29.7 Å². The Kier molecular flexibility index (Phi) is 3.76. The predicted molar refractivity (Wildman–Crippen MR) is 94.6 cm³/mol.